The van der Waals surface area contributed by atoms with Crippen LogP contribution in [0.25, 0.3) is 0 Å². The van der Waals surface area contributed by atoms with E-state index in [1.165, 1.54) is 16.7 Å². The van der Waals surface area contributed by atoms with Crippen LogP contribution in [0.2, 0.25) is 0 Å². The van der Waals surface area contributed by atoms with Gasteiger partial charge in [-0.3, -0.25) is 9.69 Å². The average molecular weight is 379 g/mol. The maximum atomic E-state index is 12.9. The molecule has 28 heavy (non-hydrogen) atoms. The number of rotatable bonds is 7. The molecule has 1 N–H and O–H groups in total. The van der Waals surface area contributed by atoms with Gasteiger partial charge >= 0.3 is 0 Å². The van der Waals surface area contributed by atoms with Gasteiger partial charge in [-0.1, -0.05) is 68.4 Å². The van der Waals surface area contributed by atoms with E-state index >= 15 is 0 Å². The number of carbonyl (C=O) groups excluding carboxylic acids is 1. The summed E-state index contributed by atoms with van der Waals surface area (Å²) in [5.74, 6) is 0.653. The van der Waals surface area contributed by atoms with Gasteiger partial charge in [0.15, 0.2) is 0 Å². The first kappa shape index (κ1) is 20.6. The SMILES string of the molecule is CCc1ccc([C@@H]2C[C@@H](C(=O)N[C@H](C)CC)CN(Cc3ccccc3)C2)cc1. The summed E-state index contributed by atoms with van der Waals surface area (Å²) < 4.78 is 0. The van der Waals surface area contributed by atoms with Gasteiger partial charge in [0, 0.05) is 25.7 Å². The second kappa shape index (κ2) is 9.88. The van der Waals surface area contributed by atoms with Crippen molar-refractivity contribution in [3.05, 3.63) is 71.3 Å². The molecule has 2 aromatic rings. The third-order valence-corrected chi connectivity index (χ3v) is 6.01. The van der Waals surface area contributed by atoms with E-state index in [1.807, 2.05) is 0 Å². The van der Waals surface area contributed by atoms with Gasteiger partial charge in [0.05, 0.1) is 5.92 Å². The molecule has 0 aromatic heterocycles. The summed E-state index contributed by atoms with van der Waals surface area (Å²) in [6.45, 7) is 9.13. The Labute approximate surface area is 170 Å². The number of carbonyl (C=O) groups is 1. The van der Waals surface area contributed by atoms with E-state index in [0.717, 1.165) is 38.9 Å². The summed E-state index contributed by atoms with van der Waals surface area (Å²) in [5.41, 5.74) is 4.04. The molecule has 1 saturated heterocycles. The molecular weight excluding hydrogens is 344 g/mol. The van der Waals surface area contributed by atoms with Crippen LogP contribution in [-0.4, -0.2) is 29.9 Å². The highest BCUT2D eigenvalue weighted by molar-refractivity contribution is 5.79. The predicted molar refractivity (Wildman–Crippen MR) is 116 cm³/mol. The van der Waals surface area contributed by atoms with Crippen molar-refractivity contribution in [2.24, 2.45) is 5.92 Å². The molecule has 0 radical (unpaired) electrons. The minimum absolute atomic E-state index is 0.0438. The number of aryl methyl sites for hydroxylation is 1. The van der Waals surface area contributed by atoms with Crippen molar-refractivity contribution in [3.63, 3.8) is 0 Å². The van der Waals surface area contributed by atoms with Gasteiger partial charge in [0.25, 0.3) is 0 Å². The number of hydrogen-bond acceptors (Lipinski definition) is 2. The lowest BCUT2D eigenvalue weighted by Gasteiger charge is -2.38. The number of amides is 1. The number of piperidine rings is 1. The van der Waals surface area contributed by atoms with Crippen LogP contribution in [0.5, 0.6) is 0 Å². The molecule has 2 aromatic carbocycles. The first-order valence-corrected chi connectivity index (χ1v) is 10.7. The van der Waals surface area contributed by atoms with Crippen LogP contribution in [0.15, 0.2) is 54.6 Å². The fraction of sp³-hybridized carbons (Fsp3) is 0.480. The van der Waals surface area contributed by atoms with Gasteiger partial charge in [0.2, 0.25) is 5.91 Å². The fourth-order valence-corrected chi connectivity index (χ4v) is 4.08. The predicted octanol–water partition coefficient (Wildman–Crippen LogP) is 4.77. The summed E-state index contributed by atoms with van der Waals surface area (Å²) >= 11 is 0. The summed E-state index contributed by atoms with van der Waals surface area (Å²) in [5, 5.41) is 3.21. The third-order valence-electron chi connectivity index (χ3n) is 6.01. The lowest BCUT2D eigenvalue weighted by atomic mass is 9.83. The highest BCUT2D eigenvalue weighted by Gasteiger charge is 2.32. The number of likely N-dealkylation sites (tertiary alicyclic amines) is 1. The fourth-order valence-electron chi connectivity index (χ4n) is 4.08. The smallest absolute Gasteiger partial charge is 0.224 e. The largest absolute Gasteiger partial charge is 0.353 e. The highest BCUT2D eigenvalue weighted by atomic mass is 16.2. The molecule has 1 aliphatic rings. The topological polar surface area (TPSA) is 32.3 Å². The van der Waals surface area contributed by atoms with Crippen LogP contribution in [0.3, 0.4) is 0 Å². The quantitative estimate of drug-likeness (QED) is 0.753. The molecular formula is C25H34N2O. The second-order valence-corrected chi connectivity index (χ2v) is 8.22. The van der Waals surface area contributed by atoms with Crippen LogP contribution in [0.4, 0.5) is 0 Å². The Morgan fingerprint density at radius 1 is 1.04 bits per heavy atom. The number of benzene rings is 2. The normalized spacial score (nSPS) is 21.2. The first-order chi connectivity index (χ1) is 13.6. The van der Waals surface area contributed by atoms with Crippen LogP contribution in [0, 0.1) is 5.92 Å². The zero-order valence-corrected chi connectivity index (χ0v) is 17.5. The van der Waals surface area contributed by atoms with E-state index in [0.29, 0.717) is 5.92 Å². The van der Waals surface area contributed by atoms with Crippen molar-refractivity contribution in [1.82, 2.24) is 10.2 Å². The average Bonchev–Trinajstić information content (AvgIpc) is 2.74. The standard InChI is InChI=1S/C25H34N2O/c1-4-19(3)26-25(28)24-15-23(22-13-11-20(5-2)12-14-22)17-27(18-24)16-21-9-7-6-8-10-21/h6-14,19,23-24H,4-5,15-18H2,1-3H3,(H,26,28)/t19-,23-,24-/m1/s1. The van der Waals surface area contributed by atoms with E-state index < -0.39 is 0 Å². The van der Waals surface area contributed by atoms with Gasteiger partial charge in [0.1, 0.15) is 0 Å². The molecule has 1 amide bonds. The Morgan fingerprint density at radius 3 is 2.39 bits per heavy atom. The molecule has 0 spiro atoms. The van der Waals surface area contributed by atoms with E-state index in [4.69, 9.17) is 0 Å². The van der Waals surface area contributed by atoms with Gasteiger partial charge in [-0.2, -0.15) is 0 Å². The van der Waals surface area contributed by atoms with Crippen LogP contribution in [-0.2, 0) is 17.8 Å². The molecule has 1 aliphatic heterocycles. The monoisotopic (exact) mass is 378 g/mol. The van der Waals surface area contributed by atoms with Crippen molar-refractivity contribution >= 4 is 5.91 Å². The Kier molecular flexibility index (Phi) is 7.27. The summed E-state index contributed by atoms with van der Waals surface area (Å²) in [7, 11) is 0. The van der Waals surface area contributed by atoms with Crippen molar-refractivity contribution in [2.45, 2.75) is 58.5 Å². The Morgan fingerprint density at radius 2 is 1.75 bits per heavy atom. The van der Waals surface area contributed by atoms with Crippen molar-refractivity contribution in [3.8, 4) is 0 Å². The van der Waals surface area contributed by atoms with E-state index in [2.05, 4.69) is 85.6 Å². The summed E-state index contributed by atoms with van der Waals surface area (Å²) in [6, 6.07) is 19.8. The van der Waals surface area contributed by atoms with Gasteiger partial charge in [-0.15, -0.1) is 0 Å². The first-order valence-electron chi connectivity index (χ1n) is 10.7. The zero-order chi connectivity index (χ0) is 19.9. The molecule has 3 heteroatoms. The lowest BCUT2D eigenvalue weighted by molar-refractivity contribution is -0.127. The molecule has 3 rings (SSSR count). The molecule has 150 valence electrons. The van der Waals surface area contributed by atoms with Gasteiger partial charge in [-0.05, 0) is 48.8 Å². The molecule has 3 atom stereocenters. The number of nitrogens with one attached hydrogen (secondary N) is 1. The zero-order valence-electron chi connectivity index (χ0n) is 17.5. The molecule has 3 nitrogen and oxygen atoms in total. The van der Waals surface area contributed by atoms with Crippen molar-refractivity contribution in [2.75, 3.05) is 13.1 Å². The van der Waals surface area contributed by atoms with Crippen LogP contribution >= 0.6 is 0 Å². The summed E-state index contributed by atoms with van der Waals surface area (Å²) in [4.78, 5) is 15.4. The van der Waals surface area contributed by atoms with Crippen molar-refractivity contribution < 1.29 is 4.79 Å². The van der Waals surface area contributed by atoms with Crippen LogP contribution < -0.4 is 5.32 Å². The molecule has 1 fully saturated rings. The van der Waals surface area contributed by atoms with Gasteiger partial charge < -0.3 is 5.32 Å². The van der Waals surface area contributed by atoms with E-state index in [-0.39, 0.29) is 17.9 Å². The second-order valence-electron chi connectivity index (χ2n) is 8.22. The number of hydrogen-bond donors (Lipinski definition) is 1. The Hall–Kier alpha value is -2.13. The maximum absolute atomic E-state index is 12.9. The van der Waals surface area contributed by atoms with Gasteiger partial charge in [-0.25, -0.2) is 0 Å². The Balaban J connectivity index is 1.77. The summed E-state index contributed by atoms with van der Waals surface area (Å²) in [6.07, 6.45) is 2.96. The number of nitrogens with zero attached hydrogens (tertiary/aromatic N) is 1. The van der Waals surface area contributed by atoms with E-state index in [9.17, 15) is 4.79 Å². The van der Waals surface area contributed by atoms with Crippen LogP contribution in [0.1, 0.15) is 56.2 Å². The minimum Gasteiger partial charge on any atom is -0.353 e. The lowest BCUT2D eigenvalue weighted by Crippen LogP contribution is -2.47. The molecule has 0 unspecified atom stereocenters. The molecule has 0 saturated carbocycles. The third kappa shape index (κ3) is 5.45. The minimum atomic E-state index is 0.0438. The molecule has 0 aliphatic carbocycles. The van der Waals surface area contributed by atoms with E-state index in [1.54, 1.807) is 0 Å². The van der Waals surface area contributed by atoms with Crippen molar-refractivity contribution in [1.29, 1.82) is 0 Å². The maximum Gasteiger partial charge on any atom is 0.224 e. The molecule has 0 bridgehead atoms. The molecule has 1 heterocycles. The Bertz CT molecular complexity index is 741. The highest BCUT2D eigenvalue weighted by Crippen LogP contribution is 2.31.